The molecule has 7 heteroatoms. The SMILES string of the molecule is Cc1cc(C(=O)N2CCC[C@@H]2C(=O)O)nn1-c1cccc(Cl)c1. The van der Waals surface area contributed by atoms with Crippen LogP contribution in [-0.4, -0.2) is 44.3 Å². The number of aryl methyl sites for hydroxylation is 1. The summed E-state index contributed by atoms with van der Waals surface area (Å²) in [6.45, 7) is 2.28. The van der Waals surface area contributed by atoms with E-state index in [0.717, 1.165) is 11.4 Å². The fourth-order valence-corrected chi connectivity index (χ4v) is 3.05. The first-order chi connectivity index (χ1) is 11.0. The summed E-state index contributed by atoms with van der Waals surface area (Å²) in [7, 11) is 0. The predicted octanol–water partition coefficient (Wildman–Crippen LogP) is 2.52. The van der Waals surface area contributed by atoms with Crippen molar-refractivity contribution >= 4 is 23.5 Å². The molecule has 2 heterocycles. The molecule has 23 heavy (non-hydrogen) atoms. The van der Waals surface area contributed by atoms with Crippen molar-refractivity contribution in [3.63, 3.8) is 0 Å². The van der Waals surface area contributed by atoms with E-state index in [1.54, 1.807) is 28.9 Å². The zero-order valence-electron chi connectivity index (χ0n) is 12.6. The molecule has 0 saturated carbocycles. The molecule has 6 nitrogen and oxygen atoms in total. The van der Waals surface area contributed by atoms with Gasteiger partial charge in [0.15, 0.2) is 5.69 Å². The number of carboxylic acids is 1. The first-order valence-corrected chi connectivity index (χ1v) is 7.71. The Morgan fingerprint density at radius 2 is 2.13 bits per heavy atom. The summed E-state index contributed by atoms with van der Waals surface area (Å²) in [5.74, 6) is -1.32. The van der Waals surface area contributed by atoms with Crippen molar-refractivity contribution < 1.29 is 14.7 Å². The van der Waals surface area contributed by atoms with E-state index >= 15 is 0 Å². The number of amides is 1. The molecule has 0 bridgehead atoms. The van der Waals surface area contributed by atoms with Crippen molar-refractivity contribution in [2.45, 2.75) is 25.8 Å². The van der Waals surface area contributed by atoms with Gasteiger partial charge >= 0.3 is 5.97 Å². The maximum Gasteiger partial charge on any atom is 0.326 e. The van der Waals surface area contributed by atoms with Crippen LogP contribution < -0.4 is 0 Å². The van der Waals surface area contributed by atoms with Crippen LogP contribution in [0.15, 0.2) is 30.3 Å². The van der Waals surface area contributed by atoms with Crippen molar-refractivity contribution in [2.24, 2.45) is 0 Å². The van der Waals surface area contributed by atoms with Crippen LogP contribution in [0.2, 0.25) is 5.02 Å². The molecule has 1 aliphatic rings. The Morgan fingerprint density at radius 3 is 2.83 bits per heavy atom. The summed E-state index contributed by atoms with van der Waals surface area (Å²) in [5, 5.41) is 14.1. The zero-order valence-corrected chi connectivity index (χ0v) is 13.3. The Hall–Kier alpha value is -2.34. The van der Waals surface area contributed by atoms with Gasteiger partial charge in [-0.05, 0) is 44.0 Å². The van der Waals surface area contributed by atoms with Crippen molar-refractivity contribution in [1.82, 2.24) is 14.7 Å². The van der Waals surface area contributed by atoms with Gasteiger partial charge in [0.2, 0.25) is 0 Å². The van der Waals surface area contributed by atoms with Crippen molar-refractivity contribution in [3.05, 3.63) is 46.7 Å². The highest BCUT2D eigenvalue weighted by Gasteiger charge is 2.35. The Kier molecular flexibility index (Phi) is 4.09. The molecule has 0 aliphatic carbocycles. The number of carboxylic acid groups (broad SMARTS) is 1. The van der Waals surface area contributed by atoms with Crippen molar-refractivity contribution in [3.8, 4) is 5.69 Å². The van der Waals surface area contributed by atoms with Crippen LogP contribution in [0.3, 0.4) is 0 Å². The van der Waals surface area contributed by atoms with Crippen molar-refractivity contribution in [1.29, 1.82) is 0 Å². The van der Waals surface area contributed by atoms with Crippen LogP contribution in [0.5, 0.6) is 0 Å². The number of likely N-dealkylation sites (tertiary alicyclic amines) is 1. The van der Waals surface area contributed by atoms with E-state index in [1.807, 2.05) is 13.0 Å². The molecule has 0 spiro atoms. The smallest absolute Gasteiger partial charge is 0.326 e. The molecular formula is C16H16ClN3O3. The molecule has 1 N–H and O–H groups in total. The minimum absolute atomic E-state index is 0.246. The standard InChI is InChI=1S/C16H16ClN3O3/c1-10-8-13(15(21)19-7-3-6-14(19)16(22)23)18-20(10)12-5-2-4-11(17)9-12/h2,4-5,8-9,14H,3,6-7H2,1H3,(H,22,23)/t14-/m1/s1. The fourth-order valence-electron chi connectivity index (χ4n) is 2.86. The summed E-state index contributed by atoms with van der Waals surface area (Å²) < 4.78 is 1.63. The molecule has 0 radical (unpaired) electrons. The van der Waals surface area contributed by atoms with Gasteiger partial charge in [-0.1, -0.05) is 17.7 Å². The molecule has 2 aromatic rings. The van der Waals surface area contributed by atoms with E-state index < -0.39 is 12.0 Å². The molecule has 120 valence electrons. The number of hydrogen-bond acceptors (Lipinski definition) is 3. The molecular weight excluding hydrogens is 318 g/mol. The minimum atomic E-state index is -0.971. The molecule has 1 amide bonds. The van der Waals surface area contributed by atoms with Gasteiger partial charge in [-0.3, -0.25) is 4.79 Å². The number of carbonyl (C=O) groups is 2. The lowest BCUT2D eigenvalue weighted by atomic mass is 10.2. The second kappa shape index (κ2) is 6.04. The van der Waals surface area contributed by atoms with Gasteiger partial charge in [0.05, 0.1) is 5.69 Å². The fraction of sp³-hybridized carbons (Fsp3) is 0.312. The highest BCUT2D eigenvalue weighted by Crippen LogP contribution is 2.22. The van der Waals surface area contributed by atoms with E-state index in [1.165, 1.54) is 4.90 Å². The normalized spacial score (nSPS) is 17.5. The highest BCUT2D eigenvalue weighted by molar-refractivity contribution is 6.30. The molecule has 1 atom stereocenters. The van der Waals surface area contributed by atoms with Crippen LogP contribution in [0, 0.1) is 6.92 Å². The maximum atomic E-state index is 12.6. The second-order valence-corrected chi connectivity index (χ2v) is 5.99. The molecule has 3 rings (SSSR count). The third kappa shape index (κ3) is 2.94. The quantitative estimate of drug-likeness (QED) is 0.936. The second-order valence-electron chi connectivity index (χ2n) is 5.56. The largest absolute Gasteiger partial charge is 0.480 e. The number of rotatable bonds is 3. The Labute approximate surface area is 138 Å². The average molecular weight is 334 g/mol. The Morgan fingerprint density at radius 1 is 1.35 bits per heavy atom. The van der Waals surface area contributed by atoms with Crippen LogP contribution in [0.4, 0.5) is 0 Å². The number of nitrogens with zero attached hydrogens (tertiary/aromatic N) is 3. The van der Waals surface area contributed by atoms with E-state index in [-0.39, 0.29) is 11.6 Å². The highest BCUT2D eigenvalue weighted by atomic mass is 35.5. The Bertz CT molecular complexity index is 772. The lowest BCUT2D eigenvalue weighted by molar-refractivity contribution is -0.141. The zero-order chi connectivity index (χ0) is 16.6. The molecule has 1 aromatic carbocycles. The minimum Gasteiger partial charge on any atom is -0.480 e. The van der Waals surface area contributed by atoms with E-state index in [2.05, 4.69) is 5.10 Å². The summed E-state index contributed by atoms with van der Waals surface area (Å²) in [4.78, 5) is 25.2. The number of aromatic nitrogens is 2. The summed E-state index contributed by atoms with van der Waals surface area (Å²) in [6.07, 6.45) is 1.17. The molecule has 1 fully saturated rings. The van der Waals surface area contributed by atoms with Gasteiger partial charge in [0.25, 0.3) is 5.91 Å². The number of aliphatic carboxylic acids is 1. The van der Waals surface area contributed by atoms with Gasteiger partial charge in [0.1, 0.15) is 6.04 Å². The molecule has 1 aliphatic heterocycles. The van der Waals surface area contributed by atoms with Crippen LogP contribution in [-0.2, 0) is 4.79 Å². The third-order valence-corrected chi connectivity index (χ3v) is 4.19. The van der Waals surface area contributed by atoms with Crippen LogP contribution in [0.25, 0.3) is 5.69 Å². The van der Waals surface area contributed by atoms with E-state index in [0.29, 0.717) is 24.4 Å². The van der Waals surface area contributed by atoms with Crippen LogP contribution >= 0.6 is 11.6 Å². The van der Waals surface area contributed by atoms with Crippen molar-refractivity contribution in [2.75, 3.05) is 6.54 Å². The van der Waals surface area contributed by atoms with Gasteiger partial charge in [-0.15, -0.1) is 0 Å². The number of benzene rings is 1. The summed E-state index contributed by atoms with van der Waals surface area (Å²) in [5.41, 5.74) is 1.78. The molecule has 1 saturated heterocycles. The topological polar surface area (TPSA) is 75.4 Å². The van der Waals surface area contributed by atoms with Gasteiger partial charge in [-0.2, -0.15) is 5.10 Å². The Balaban J connectivity index is 1.91. The molecule has 0 unspecified atom stereocenters. The van der Waals surface area contributed by atoms with Gasteiger partial charge in [-0.25, -0.2) is 9.48 Å². The average Bonchev–Trinajstić information content (AvgIpc) is 3.13. The lowest BCUT2D eigenvalue weighted by Gasteiger charge is -2.20. The van der Waals surface area contributed by atoms with Gasteiger partial charge in [0, 0.05) is 17.3 Å². The van der Waals surface area contributed by atoms with Gasteiger partial charge < -0.3 is 10.0 Å². The number of halogens is 1. The maximum absolute atomic E-state index is 12.6. The first kappa shape index (κ1) is 15.6. The molecule has 1 aromatic heterocycles. The van der Waals surface area contributed by atoms with E-state index in [9.17, 15) is 14.7 Å². The monoisotopic (exact) mass is 333 g/mol. The summed E-state index contributed by atoms with van der Waals surface area (Å²) >= 11 is 5.99. The summed E-state index contributed by atoms with van der Waals surface area (Å²) in [6, 6.07) is 8.07. The third-order valence-electron chi connectivity index (χ3n) is 3.96. The lowest BCUT2D eigenvalue weighted by Crippen LogP contribution is -2.40. The predicted molar refractivity (Wildman–Crippen MR) is 85.0 cm³/mol. The number of hydrogen-bond donors (Lipinski definition) is 1. The van der Waals surface area contributed by atoms with E-state index in [4.69, 9.17) is 11.6 Å². The first-order valence-electron chi connectivity index (χ1n) is 7.34. The van der Waals surface area contributed by atoms with Crippen LogP contribution in [0.1, 0.15) is 29.0 Å². The number of carbonyl (C=O) groups excluding carboxylic acids is 1.